The van der Waals surface area contributed by atoms with Crippen LogP contribution in [-0.2, 0) is 16.0 Å². The molecule has 0 aliphatic carbocycles. The molecule has 2 aliphatic rings. The van der Waals surface area contributed by atoms with E-state index in [1.54, 1.807) is 29.5 Å². The number of hydrogen-bond acceptors (Lipinski definition) is 5. The molecule has 0 aromatic carbocycles. The molecule has 0 saturated heterocycles. The molecule has 23 heavy (non-hydrogen) atoms. The van der Waals surface area contributed by atoms with Gasteiger partial charge < -0.3 is 20.4 Å². The Morgan fingerprint density at radius 1 is 1.30 bits per heavy atom. The van der Waals surface area contributed by atoms with E-state index in [2.05, 4.69) is 5.32 Å². The molecule has 0 amide bonds. The second-order valence-electron chi connectivity index (χ2n) is 6.29. The largest absolute Gasteiger partial charge is 0.756 e. The Morgan fingerprint density at radius 3 is 2.65 bits per heavy atom. The molecule has 2 unspecified atom stereocenters. The fourth-order valence-corrected chi connectivity index (χ4v) is 4.13. The minimum atomic E-state index is -1.30. The van der Waals surface area contributed by atoms with Crippen molar-refractivity contribution in [2.75, 3.05) is 20.1 Å². The van der Waals surface area contributed by atoms with Crippen molar-refractivity contribution in [3.8, 4) is 0 Å². The van der Waals surface area contributed by atoms with E-state index in [-0.39, 0.29) is 11.9 Å². The summed E-state index contributed by atoms with van der Waals surface area (Å²) in [7, 11) is 1.80. The lowest BCUT2D eigenvalue weighted by Crippen LogP contribution is -2.45. The van der Waals surface area contributed by atoms with Gasteiger partial charge in [-0.15, -0.1) is 0 Å². The Kier molecular flexibility index (Phi) is 6.43. The van der Waals surface area contributed by atoms with Crippen molar-refractivity contribution in [2.45, 2.75) is 58.5 Å². The van der Waals surface area contributed by atoms with E-state index < -0.39 is 11.2 Å². The Balaban J connectivity index is 1.82. The highest BCUT2D eigenvalue weighted by atomic mass is 32.2. The molecule has 2 rings (SSSR count). The number of Topliss-reactive ketones (excluding diaryl/α,β-unsaturated/α-hetero) is 1. The number of carbonyl (C=O) groups excluding carboxylic acids is 1. The number of hydrogen-bond donors (Lipinski definition) is 1. The van der Waals surface area contributed by atoms with E-state index >= 15 is 0 Å². The van der Waals surface area contributed by atoms with E-state index in [4.69, 9.17) is 0 Å². The second kappa shape index (κ2) is 8.12. The molecule has 0 spiro atoms. The van der Waals surface area contributed by atoms with E-state index in [1.807, 2.05) is 0 Å². The van der Waals surface area contributed by atoms with Crippen molar-refractivity contribution >= 4 is 17.0 Å². The number of hydroxylamine groups is 2. The van der Waals surface area contributed by atoms with E-state index in [0.717, 1.165) is 42.9 Å². The molecular weight excluding hydrogens is 316 g/mol. The van der Waals surface area contributed by atoms with Gasteiger partial charge in [0, 0.05) is 20.0 Å². The summed E-state index contributed by atoms with van der Waals surface area (Å²) < 4.78 is 15.9. The van der Waals surface area contributed by atoms with Crippen LogP contribution in [0.1, 0.15) is 52.4 Å². The number of nitrogens with one attached hydrogen (secondary N) is 1. The third-order valence-electron chi connectivity index (χ3n) is 4.18. The predicted molar refractivity (Wildman–Crippen MR) is 90.7 cm³/mol. The standard InChI is InChI=1S/C15H27N4O3S/c1-12(20)9-7-5-4-6-8-10-18-15-14(11-17(3)23(18)22)16-13(2)19(15)21/h13,16H,4-11H2,1-3H3/q-1. The average Bonchev–Trinajstić information content (AvgIpc) is 2.76. The van der Waals surface area contributed by atoms with Crippen LogP contribution < -0.4 is 5.32 Å². The lowest BCUT2D eigenvalue weighted by molar-refractivity contribution is -0.117. The minimum Gasteiger partial charge on any atom is -0.756 e. The molecule has 0 saturated carbocycles. The van der Waals surface area contributed by atoms with Crippen LogP contribution in [0, 0.1) is 5.21 Å². The molecule has 0 fully saturated rings. The molecule has 2 aliphatic heterocycles. The van der Waals surface area contributed by atoms with Gasteiger partial charge in [-0.3, -0.25) is 4.31 Å². The molecule has 0 aromatic rings. The highest BCUT2D eigenvalue weighted by molar-refractivity contribution is 7.80. The fraction of sp³-hybridized carbons (Fsp3) is 0.800. The summed E-state index contributed by atoms with van der Waals surface area (Å²) in [6.45, 7) is 4.54. The first-order valence-corrected chi connectivity index (χ1v) is 9.34. The highest BCUT2D eigenvalue weighted by Gasteiger charge is 2.35. The first kappa shape index (κ1) is 18.2. The van der Waals surface area contributed by atoms with Crippen molar-refractivity contribution in [3.63, 3.8) is 0 Å². The van der Waals surface area contributed by atoms with Gasteiger partial charge in [-0.25, -0.2) is 8.51 Å². The molecule has 0 radical (unpaired) electrons. The Hall–Kier alpha value is -1.12. The molecule has 132 valence electrons. The van der Waals surface area contributed by atoms with Crippen molar-refractivity contribution in [2.24, 2.45) is 0 Å². The molecule has 1 N–H and O–H groups in total. The lowest BCUT2D eigenvalue weighted by atomic mass is 10.1. The number of carbonyl (C=O) groups is 1. The monoisotopic (exact) mass is 343 g/mol. The third kappa shape index (κ3) is 4.45. The molecule has 7 nitrogen and oxygen atoms in total. The maximum atomic E-state index is 12.5. The van der Waals surface area contributed by atoms with Gasteiger partial charge in [0.25, 0.3) is 0 Å². The molecular formula is C15H27N4O3S-. The van der Waals surface area contributed by atoms with E-state index in [9.17, 15) is 14.2 Å². The van der Waals surface area contributed by atoms with Gasteiger partial charge in [0.05, 0.1) is 18.4 Å². The van der Waals surface area contributed by atoms with Crippen LogP contribution in [0.3, 0.4) is 0 Å². The Labute approximate surface area is 141 Å². The van der Waals surface area contributed by atoms with Crippen LogP contribution in [0.25, 0.3) is 0 Å². The van der Waals surface area contributed by atoms with Crippen molar-refractivity contribution in [3.05, 3.63) is 16.7 Å². The summed E-state index contributed by atoms with van der Waals surface area (Å²) in [5, 5.41) is 16.3. The van der Waals surface area contributed by atoms with Gasteiger partial charge in [0.15, 0.2) is 11.2 Å². The number of ketones is 1. The van der Waals surface area contributed by atoms with Crippen LogP contribution in [0.5, 0.6) is 0 Å². The summed E-state index contributed by atoms with van der Waals surface area (Å²) in [6.07, 6.45) is 5.30. The summed E-state index contributed by atoms with van der Waals surface area (Å²) in [6, 6.07) is 0. The average molecular weight is 343 g/mol. The Morgan fingerprint density at radius 2 is 1.96 bits per heavy atom. The SMILES string of the molecule is CC(=O)CCCCCCCN1C2=C(CN(C)S1=O)NC(C)N2[O-]. The normalized spacial score (nSPS) is 24.9. The summed E-state index contributed by atoms with van der Waals surface area (Å²) in [4.78, 5) is 10.9. The van der Waals surface area contributed by atoms with Gasteiger partial charge in [-0.2, -0.15) is 0 Å². The molecule has 2 heterocycles. The van der Waals surface area contributed by atoms with Gasteiger partial charge in [0.1, 0.15) is 11.6 Å². The second-order valence-corrected chi connectivity index (χ2v) is 7.81. The Bertz CT molecular complexity index is 497. The number of unbranched alkanes of at least 4 members (excludes halogenated alkanes) is 4. The lowest BCUT2D eigenvalue weighted by Gasteiger charge is -2.40. The summed E-state index contributed by atoms with van der Waals surface area (Å²) >= 11 is -1.30. The number of likely N-dealkylation sites (N-methyl/N-ethyl adjacent to an activating group) is 1. The van der Waals surface area contributed by atoms with Crippen LogP contribution in [-0.4, -0.2) is 50.0 Å². The van der Waals surface area contributed by atoms with Crippen molar-refractivity contribution in [1.82, 2.24) is 19.0 Å². The molecule has 8 heteroatoms. The van der Waals surface area contributed by atoms with E-state index in [1.165, 1.54) is 0 Å². The van der Waals surface area contributed by atoms with E-state index in [0.29, 0.717) is 25.3 Å². The van der Waals surface area contributed by atoms with Gasteiger partial charge in [-0.1, -0.05) is 19.3 Å². The van der Waals surface area contributed by atoms with Crippen LogP contribution in [0.15, 0.2) is 11.5 Å². The first-order valence-electron chi connectivity index (χ1n) is 8.28. The molecule has 0 bridgehead atoms. The van der Waals surface area contributed by atoms with Gasteiger partial charge in [0.2, 0.25) is 0 Å². The number of nitrogens with zero attached hydrogens (tertiary/aromatic N) is 3. The maximum Gasteiger partial charge on any atom is 0.200 e. The number of rotatable bonds is 8. The zero-order valence-electron chi connectivity index (χ0n) is 14.2. The highest BCUT2D eigenvalue weighted by Crippen LogP contribution is 2.29. The summed E-state index contributed by atoms with van der Waals surface area (Å²) in [5.74, 6) is 0.778. The van der Waals surface area contributed by atoms with Gasteiger partial charge in [-0.05, 0) is 26.7 Å². The fourth-order valence-electron chi connectivity index (χ4n) is 2.93. The maximum absolute atomic E-state index is 12.5. The first-order chi connectivity index (χ1) is 10.9. The molecule has 2 atom stereocenters. The quantitative estimate of drug-likeness (QED) is 0.678. The predicted octanol–water partition coefficient (Wildman–Crippen LogP) is 1.66. The van der Waals surface area contributed by atoms with Crippen LogP contribution in [0.2, 0.25) is 0 Å². The summed E-state index contributed by atoms with van der Waals surface area (Å²) in [5.41, 5.74) is 0.857. The minimum absolute atomic E-state index is 0.245. The van der Waals surface area contributed by atoms with Crippen molar-refractivity contribution in [1.29, 1.82) is 0 Å². The topological polar surface area (TPSA) is 79.0 Å². The molecule has 0 aromatic heterocycles. The van der Waals surface area contributed by atoms with Crippen LogP contribution in [0.4, 0.5) is 0 Å². The van der Waals surface area contributed by atoms with Crippen molar-refractivity contribution < 1.29 is 9.00 Å². The third-order valence-corrected chi connectivity index (χ3v) is 5.57. The van der Waals surface area contributed by atoms with Crippen LogP contribution >= 0.6 is 0 Å². The zero-order valence-corrected chi connectivity index (χ0v) is 15.0. The van der Waals surface area contributed by atoms with Gasteiger partial charge >= 0.3 is 0 Å². The smallest absolute Gasteiger partial charge is 0.200 e. The zero-order chi connectivity index (χ0) is 17.0.